The number of amides is 1. The third-order valence-electron chi connectivity index (χ3n) is 3.55. The van der Waals surface area contributed by atoms with Gasteiger partial charge in [-0.05, 0) is 44.3 Å². The maximum absolute atomic E-state index is 11.7. The monoisotopic (exact) mass is 282 g/mol. The molecule has 1 heterocycles. The minimum Gasteiger partial charge on any atom is -0.352 e. The first kappa shape index (κ1) is 16.0. The Morgan fingerprint density at radius 3 is 2.74 bits per heavy atom. The molecule has 1 saturated heterocycles. The maximum atomic E-state index is 11.7. The predicted octanol–water partition coefficient (Wildman–Crippen LogP) is 2.42. The molecule has 19 heavy (non-hydrogen) atoms. The molecule has 1 amide bonds. The summed E-state index contributed by atoms with van der Waals surface area (Å²) in [5.41, 5.74) is 2.41. The van der Waals surface area contributed by atoms with E-state index in [2.05, 4.69) is 41.8 Å². The van der Waals surface area contributed by atoms with E-state index in [0.717, 1.165) is 25.1 Å². The van der Waals surface area contributed by atoms with Crippen LogP contribution in [0.3, 0.4) is 0 Å². The molecule has 1 atom stereocenters. The highest BCUT2D eigenvalue weighted by Crippen LogP contribution is 2.14. The van der Waals surface area contributed by atoms with Crippen LogP contribution >= 0.6 is 12.4 Å². The fourth-order valence-corrected chi connectivity index (χ4v) is 2.29. The van der Waals surface area contributed by atoms with E-state index < -0.39 is 0 Å². The van der Waals surface area contributed by atoms with Crippen molar-refractivity contribution in [2.75, 3.05) is 13.1 Å². The van der Waals surface area contributed by atoms with E-state index >= 15 is 0 Å². The number of hydrogen-bond acceptors (Lipinski definition) is 2. The van der Waals surface area contributed by atoms with Crippen LogP contribution in [0.5, 0.6) is 0 Å². The molecule has 0 aliphatic carbocycles. The van der Waals surface area contributed by atoms with Crippen molar-refractivity contribution >= 4 is 18.3 Å². The van der Waals surface area contributed by atoms with Gasteiger partial charge in [0.2, 0.25) is 5.91 Å². The maximum Gasteiger partial charge on any atom is 0.220 e. The molecule has 1 aromatic rings. The van der Waals surface area contributed by atoms with Gasteiger partial charge in [-0.2, -0.15) is 0 Å². The summed E-state index contributed by atoms with van der Waals surface area (Å²) in [6.45, 7) is 4.89. The Labute approximate surface area is 121 Å². The fourth-order valence-electron chi connectivity index (χ4n) is 2.29. The van der Waals surface area contributed by atoms with Crippen LogP contribution in [-0.2, 0) is 11.3 Å². The smallest absolute Gasteiger partial charge is 0.220 e. The van der Waals surface area contributed by atoms with Gasteiger partial charge in [0.05, 0.1) is 0 Å². The van der Waals surface area contributed by atoms with Crippen LogP contribution in [0.2, 0.25) is 0 Å². The van der Waals surface area contributed by atoms with E-state index in [0.29, 0.717) is 18.9 Å². The van der Waals surface area contributed by atoms with Gasteiger partial charge in [0.1, 0.15) is 0 Å². The lowest BCUT2D eigenvalue weighted by Crippen LogP contribution is -2.23. The highest BCUT2D eigenvalue weighted by atomic mass is 35.5. The summed E-state index contributed by atoms with van der Waals surface area (Å²) in [6.07, 6.45) is 2.87. The molecule has 0 radical (unpaired) electrons. The lowest BCUT2D eigenvalue weighted by molar-refractivity contribution is -0.121. The molecular formula is C15H23ClN2O. The summed E-state index contributed by atoms with van der Waals surface area (Å²) in [6, 6.07) is 8.28. The van der Waals surface area contributed by atoms with Gasteiger partial charge in [-0.25, -0.2) is 0 Å². The van der Waals surface area contributed by atoms with E-state index in [-0.39, 0.29) is 18.3 Å². The van der Waals surface area contributed by atoms with E-state index in [4.69, 9.17) is 0 Å². The summed E-state index contributed by atoms with van der Waals surface area (Å²) in [4.78, 5) is 11.7. The Hall–Kier alpha value is -1.06. The topological polar surface area (TPSA) is 41.1 Å². The molecule has 106 valence electrons. The van der Waals surface area contributed by atoms with Crippen molar-refractivity contribution in [1.29, 1.82) is 0 Å². The summed E-state index contributed by atoms with van der Waals surface area (Å²) in [5, 5.41) is 6.31. The number of rotatable bonds is 5. The minimum atomic E-state index is 0. The average molecular weight is 283 g/mol. The van der Waals surface area contributed by atoms with Crippen molar-refractivity contribution < 1.29 is 4.79 Å². The van der Waals surface area contributed by atoms with E-state index in [1.807, 2.05) is 0 Å². The number of carbonyl (C=O) groups excluding carboxylic acids is 1. The molecule has 1 aromatic carbocycles. The second-order valence-electron chi connectivity index (χ2n) is 5.16. The fraction of sp³-hybridized carbons (Fsp3) is 0.533. The molecular weight excluding hydrogens is 260 g/mol. The Morgan fingerprint density at radius 1 is 1.37 bits per heavy atom. The first-order chi connectivity index (χ1) is 8.74. The number of hydrogen-bond donors (Lipinski definition) is 2. The largest absolute Gasteiger partial charge is 0.352 e. The molecule has 1 fully saturated rings. The van der Waals surface area contributed by atoms with Crippen molar-refractivity contribution in [1.82, 2.24) is 10.6 Å². The summed E-state index contributed by atoms with van der Waals surface area (Å²) in [5.74, 6) is 0.859. The van der Waals surface area contributed by atoms with Gasteiger partial charge in [-0.3, -0.25) is 4.79 Å². The van der Waals surface area contributed by atoms with Gasteiger partial charge >= 0.3 is 0 Å². The molecule has 1 aliphatic rings. The van der Waals surface area contributed by atoms with E-state index in [9.17, 15) is 4.79 Å². The van der Waals surface area contributed by atoms with Gasteiger partial charge in [0.15, 0.2) is 0 Å². The molecule has 1 aliphatic heterocycles. The van der Waals surface area contributed by atoms with Crippen molar-refractivity contribution in [3.63, 3.8) is 0 Å². The van der Waals surface area contributed by atoms with Crippen molar-refractivity contribution in [2.24, 2.45) is 5.92 Å². The van der Waals surface area contributed by atoms with Crippen molar-refractivity contribution in [3.05, 3.63) is 35.4 Å². The quantitative estimate of drug-likeness (QED) is 0.871. The lowest BCUT2D eigenvalue weighted by Gasteiger charge is -2.09. The second kappa shape index (κ2) is 8.18. The van der Waals surface area contributed by atoms with Gasteiger partial charge < -0.3 is 10.6 Å². The molecule has 3 nitrogen and oxygen atoms in total. The zero-order valence-electron chi connectivity index (χ0n) is 11.4. The highest BCUT2D eigenvalue weighted by Gasteiger charge is 2.15. The molecule has 2 rings (SSSR count). The van der Waals surface area contributed by atoms with Crippen LogP contribution in [0, 0.1) is 12.8 Å². The number of aryl methyl sites for hydroxylation is 1. The van der Waals surface area contributed by atoms with Crippen molar-refractivity contribution in [3.8, 4) is 0 Å². The molecule has 2 N–H and O–H groups in total. The molecule has 0 bridgehead atoms. The Bertz CT molecular complexity index is 386. The van der Waals surface area contributed by atoms with Crippen LogP contribution in [0.1, 0.15) is 30.4 Å². The average Bonchev–Trinajstić information content (AvgIpc) is 2.89. The Kier molecular flexibility index (Phi) is 6.89. The second-order valence-corrected chi connectivity index (χ2v) is 5.16. The molecule has 1 unspecified atom stereocenters. The molecule has 0 aromatic heterocycles. The summed E-state index contributed by atoms with van der Waals surface area (Å²) >= 11 is 0. The number of halogens is 1. The normalized spacial score (nSPS) is 17.8. The van der Waals surface area contributed by atoms with E-state index in [1.54, 1.807) is 0 Å². The molecule has 0 saturated carbocycles. The summed E-state index contributed by atoms with van der Waals surface area (Å²) in [7, 11) is 0. The first-order valence-corrected chi connectivity index (χ1v) is 6.77. The number of nitrogens with one attached hydrogen (secondary N) is 2. The number of benzene rings is 1. The zero-order chi connectivity index (χ0) is 12.8. The number of carbonyl (C=O) groups is 1. The lowest BCUT2D eigenvalue weighted by atomic mass is 10.0. The van der Waals surface area contributed by atoms with Crippen molar-refractivity contribution in [2.45, 2.75) is 32.7 Å². The van der Waals surface area contributed by atoms with Crippen LogP contribution in [-0.4, -0.2) is 19.0 Å². The van der Waals surface area contributed by atoms with Crippen LogP contribution in [0.15, 0.2) is 24.3 Å². The Morgan fingerprint density at radius 2 is 2.11 bits per heavy atom. The Balaban J connectivity index is 0.00000180. The van der Waals surface area contributed by atoms with Gasteiger partial charge in [-0.1, -0.05) is 29.8 Å². The van der Waals surface area contributed by atoms with E-state index in [1.165, 1.54) is 12.0 Å². The summed E-state index contributed by atoms with van der Waals surface area (Å²) < 4.78 is 0. The van der Waals surface area contributed by atoms with Crippen LogP contribution < -0.4 is 10.6 Å². The van der Waals surface area contributed by atoms with Gasteiger partial charge in [-0.15, -0.1) is 12.4 Å². The van der Waals surface area contributed by atoms with Gasteiger partial charge in [0.25, 0.3) is 0 Å². The molecule has 4 heteroatoms. The first-order valence-electron chi connectivity index (χ1n) is 6.77. The SMILES string of the molecule is Cc1ccc(CNC(=O)CCC2CCNC2)cc1.Cl. The zero-order valence-corrected chi connectivity index (χ0v) is 12.3. The molecule has 0 spiro atoms. The standard InChI is InChI=1S/C15H22N2O.ClH/c1-12-2-4-13(5-3-12)11-17-15(18)7-6-14-8-9-16-10-14;/h2-5,14,16H,6-11H2,1H3,(H,17,18);1H. The third-order valence-corrected chi connectivity index (χ3v) is 3.55. The minimum absolute atomic E-state index is 0. The highest BCUT2D eigenvalue weighted by molar-refractivity contribution is 5.85. The van der Waals surface area contributed by atoms with Gasteiger partial charge in [0, 0.05) is 13.0 Å². The third kappa shape index (κ3) is 5.62. The van der Waals surface area contributed by atoms with Crippen LogP contribution in [0.25, 0.3) is 0 Å². The van der Waals surface area contributed by atoms with Crippen LogP contribution in [0.4, 0.5) is 0 Å². The predicted molar refractivity (Wildman–Crippen MR) is 80.5 cm³/mol.